The Morgan fingerprint density at radius 3 is 2.04 bits per heavy atom. The van der Waals surface area contributed by atoms with Gasteiger partial charge in [0.25, 0.3) is 0 Å². The van der Waals surface area contributed by atoms with Gasteiger partial charge in [0, 0.05) is 37.9 Å². The summed E-state index contributed by atoms with van der Waals surface area (Å²) in [5.41, 5.74) is 9.37. The SMILES string of the molecule is Cc1ccc(-c2[c-]cccc2)nc1.Fc1ccc2c(oc3c(-c4ccccn4)[c-]ccc32)c1-c1ccc(-c2ccccc2)cc1.[Ir]. The van der Waals surface area contributed by atoms with Crippen molar-refractivity contribution in [2.45, 2.75) is 6.92 Å². The number of aryl methyl sites for hydroxylation is 1. The molecule has 0 unspecified atom stereocenters. The third-order valence-corrected chi connectivity index (χ3v) is 7.65. The quantitative estimate of drug-likeness (QED) is 0.167. The number of benzene rings is 5. The Morgan fingerprint density at radius 1 is 0.587 bits per heavy atom. The molecule has 0 spiro atoms. The van der Waals surface area contributed by atoms with Gasteiger partial charge in [0.1, 0.15) is 11.4 Å². The fourth-order valence-electron chi connectivity index (χ4n) is 5.39. The molecule has 5 aromatic carbocycles. The van der Waals surface area contributed by atoms with Crippen LogP contribution in [0.5, 0.6) is 0 Å². The summed E-state index contributed by atoms with van der Waals surface area (Å²) in [5, 5.41) is 1.79. The van der Waals surface area contributed by atoms with Crippen molar-refractivity contribution in [2.75, 3.05) is 0 Å². The molecule has 0 N–H and O–H groups in total. The Bertz CT molecular complexity index is 2200. The summed E-state index contributed by atoms with van der Waals surface area (Å²) < 4.78 is 21.4. The third-order valence-electron chi connectivity index (χ3n) is 7.65. The summed E-state index contributed by atoms with van der Waals surface area (Å²) in [6, 6.07) is 49.2. The molecule has 0 atom stereocenters. The first-order valence-electron chi connectivity index (χ1n) is 14.7. The van der Waals surface area contributed by atoms with Crippen LogP contribution in [0.2, 0.25) is 0 Å². The number of pyridine rings is 2. The maximum Gasteiger partial charge on any atom is 0.134 e. The van der Waals surface area contributed by atoms with E-state index in [1.165, 1.54) is 11.6 Å². The molecule has 0 saturated heterocycles. The Hall–Kier alpha value is -5.22. The van der Waals surface area contributed by atoms with E-state index in [1.807, 2.05) is 116 Å². The van der Waals surface area contributed by atoms with Crippen LogP contribution in [0.4, 0.5) is 4.39 Å². The fourth-order valence-corrected chi connectivity index (χ4v) is 5.39. The van der Waals surface area contributed by atoms with Crippen LogP contribution < -0.4 is 0 Å². The molecule has 0 saturated carbocycles. The zero-order chi connectivity index (χ0) is 30.6. The second kappa shape index (κ2) is 13.8. The van der Waals surface area contributed by atoms with E-state index in [0.717, 1.165) is 50.0 Å². The van der Waals surface area contributed by atoms with E-state index < -0.39 is 0 Å². The second-order valence-corrected chi connectivity index (χ2v) is 10.7. The van der Waals surface area contributed by atoms with Crippen molar-refractivity contribution in [3.05, 3.63) is 169 Å². The molecule has 0 aliphatic rings. The molecule has 1 radical (unpaired) electrons. The van der Waals surface area contributed by atoms with Crippen molar-refractivity contribution in [2.24, 2.45) is 0 Å². The van der Waals surface area contributed by atoms with Crippen molar-refractivity contribution in [1.29, 1.82) is 0 Å². The van der Waals surface area contributed by atoms with E-state index in [1.54, 1.807) is 12.3 Å². The molecule has 0 bridgehead atoms. The molecule has 3 heterocycles. The minimum atomic E-state index is -0.313. The molecular weight excluding hydrogens is 748 g/mol. The summed E-state index contributed by atoms with van der Waals surface area (Å²) in [6.45, 7) is 2.03. The summed E-state index contributed by atoms with van der Waals surface area (Å²) in [5.74, 6) is -0.313. The van der Waals surface area contributed by atoms with Gasteiger partial charge in [-0.15, -0.1) is 54.1 Å². The number of furan rings is 1. The molecule has 46 heavy (non-hydrogen) atoms. The van der Waals surface area contributed by atoms with E-state index >= 15 is 4.39 Å². The van der Waals surface area contributed by atoms with E-state index in [2.05, 4.69) is 40.3 Å². The number of nitrogens with zero attached hydrogens (tertiary/aromatic N) is 2. The maximum atomic E-state index is 15.1. The molecule has 8 rings (SSSR count). The molecule has 0 fully saturated rings. The van der Waals surface area contributed by atoms with Gasteiger partial charge in [-0.05, 0) is 58.8 Å². The number of rotatable bonds is 4. The summed E-state index contributed by atoms with van der Waals surface area (Å²) in [7, 11) is 0. The van der Waals surface area contributed by atoms with Crippen molar-refractivity contribution in [3.8, 4) is 44.8 Å². The molecule has 0 aliphatic carbocycles. The smallest absolute Gasteiger partial charge is 0.134 e. The zero-order valence-corrected chi connectivity index (χ0v) is 27.3. The van der Waals surface area contributed by atoms with Crippen molar-refractivity contribution in [1.82, 2.24) is 9.97 Å². The summed E-state index contributed by atoms with van der Waals surface area (Å²) >= 11 is 0. The Balaban J connectivity index is 0.000000223. The van der Waals surface area contributed by atoms with Gasteiger partial charge in [0.15, 0.2) is 0 Å². The average Bonchev–Trinajstić information content (AvgIpc) is 3.49. The van der Waals surface area contributed by atoms with Gasteiger partial charge in [0.2, 0.25) is 0 Å². The van der Waals surface area contributed by atoms with Crippen LogP contribution in [-0.2, 0) is 20.1 Å². The second-order valence-electron chi connectivity index (χ2n) is 10.7. The van der Waals surface area contributed by atoms with Crippen molar-refractivity contribution >= 4 is 21.9 Å². The Kier molecular flexibility index (Phi) is 9.25. The number of hydrogen-bond acceptors (Lipinski definition) is 3. The van der Waals surface area contributed by atoms with Crippen LogP contribution in [0.15, 0.2) is 150 Å². The van der Waals surface area contributed by atoms with Crippen molar-refractivity contribution < 1.29 is 28.9 Å². The predicted octanol–water partition coefficient (Wildman–Crippen LogP) is 10.8. The minimum absolute atomic E-state index is 0. The molecule has 3 aromatic heterocycles. The number of halogens is 1. The molecule has 0 aliphatic heterocycles. The largest absolute Gasteiger partial charge is 0.500 e. The Morgan fingerprint density at radius 2 is 1.33 bits per heavy atom. The van der Waals surface area contributed by atoms with Gasteiger partial charge in [-0.3, -0.25) is 0 Å². The molecule has 8 aromatic rings. The van der Waals surface area contributed by atoms with Gasteiger partial charge in [-0.2, -0.15) is 0 Å². The van der Waals surface area contributed by atoms with Gasteiger partial charge < -0.3 is 14.4 Å². The van der Waals surface area contributed by atoms with Gasteiger partial charge >= 0.3 is 0 Å². The molecule has 0 amide bonds. The van der Waals surface area contributed by atoms with E-state index in [9.17, 15) is 0 Å². The maximum absolute atomic E-state index is 15.1. The van der Waals surface area contributed by atoms with Crippen LogP contribution in [0.1, 0.15) is 5.56 Å². The van der Waals surface area contributed by atoms with Gasteiger partial charge in [0.05, 0.1) is 11.1 Å². The van der Waals surface area contributed by atoms with Crippen LogP contribution in [0, 0.1) is 24.9 Å². The first kappa shape index (κ1) is 30.8. The van der Waals surface area contributed by atoms with E-state index in [-0.39, 0.29) is 25.9 Å². The molecule has 225 valence electrons. The fraction of sp³-hybridized carbons (Fsp3) is 0.0244. The zero-order valence-electron chi connectivity index (χ0n) is 24.9. The first-order valence-corrected chi connectivity index (χ1v) is 14.7. The number of aromatic nitrogens is 2. The first-order chi connectivity index (χ1) is 22.2. The van der Waals surface area contributed by atoms with Gasteiger partial charge in [-0.25, -0.2) is 4.39 Å². The number of hydrogen-bond donors (Lipinski definition) is 0. The molecule has 5 heteroatoms. The summed E-state index contributed by atoms with van der Waals surface area (Å²) in [4.78, 5) is 8.76. The van der Waals surface area contributed by atoms with Crippen LogP contribution in [0.3, 0.4) is 0 Å². The predicted molar refractivity (Wildman–Crippen MR) is 180 cm³/mol. The van der Waals surface area contributed by atoms with Crippen LogP contribution in [-0.4, -0.2) is 9.97 Å². The average molecular weight is 775 g/mol. The third kappa shape index (κ3) is 6.29. The normalized spacial score (nSPS) is 10.7. The molecule has 3 nitrogen and oxygen atoms in total. The van der Waals surface area contributed by atoms with Gasteiger partial charge in [-0.1, -0.05) is 89.8 Å². The topological polar surface area (TPSA) is 38.9 Å². The molecular formula is C41H27FIrN2O-2. The standard InChI is InChI=1S/C29H17FNO.C12H10N.Ir/c30-25-17-16-23-22-9-6-10-24(26-11-4-5-18-31-26)28(22)32-29(23)27(25)21-14-12-20(13-15-21)19-7-2-1-3-8-19;1-10-7-8-12(13-9-10)11-5-3-2-4-6-11;/h1-9,11-18H;2-5,7-9H,1H3;/q2*-1;. The number of fused-ring (bicyclic) bond motifs is 3. The van der Waals surface area contributed by atoms with Crippen molar-refractivity contribution in [3.63, 3.8) is 0 Å². The monoisotopic (exact) mass is 775 g/mol. The minimum Gasteiger partial charge on any atom is -0.500 e. The van der Waals surface area contributed by atoms with Crippen LogP contribution in [0.25, 0.3) is 66.7 Å². The van der Waals surface area contributed by atoms with E-state index in [4.69, 9.17) is 4.42 Å². The van der Waals surface area contributed by atoms with E-state index in [0.29, 0.717) is 16.7 Å². The Labute approximate surface area is 280 Å². The summed E-state index contributed by atoms with van der Waals surface area (Å²) in [6.07, 6.45) is 3.61. The van der Waals surface area contributed by atoms with Crippen LogP contribution >= 0.6 is 0 Å².